The van der Waals surface area contributed by atoms with E-state index in [2.05, 4.69) is 15.5 Å². The molecule has 0 spiro atoms. The molecule has 0 radical (unpaired) electrons. The molecule has 1 aliphatic heterocycles. The first-order valence-electron chi connectivity index (χ1n) is 8.74. The molecule has 1 fully saturated rings. The highest BCUT2D eigenvalue weighted by Gasteiger charge is 2.18. The van der Waals surface area contributed by atoms with E-state index in [1.807, 2.05) is 11.8 Å². The van der Waals surface area contributed by atoms with E-state index >= 15 is 0 Å². The van der Waals surface area contributed by atoms with Crippen molar-refractivity contribution in [2.75, 3.05) is 25.0 Å². The van der Waals surface area contributed by atoms with Crippen LogP contribution in [0.3, 0.4) is 0 Å². The van der Waals surface area contributed by atoms with Crippen molar-refractivity contribution in [2.45, 2.75) is 32.6 Å². The van der Waals surface area contributed by atoms with E-state index < -0.39 is 0 Å². The zero-order valence-electron chi connectivity index (χ0n) is 14.7. The number of hydrogen-bond donors (Lipinski definition) is 1. The van der Waals surface area contributed by atoms with Crippen molar-refractivity contribution in [3.05, 3.63) is 34.8 Å². The van der Waals surface area contributed by atoms with Gasteiger partial charge in [-0.05, 0) is 31.9 Å². The highest BCUT2D eigenvalue weighted by molar-refractivity contribution is 7.15. The maximum absolute atomic E-state index is 12.5. The zero-order chi connectivity index (χ0) is 18.4. The minimum absolute atomic E-state index is 0.0399. The summed E-state index contributed by atoms with van der Waals surface area (Å²) in [6, 6.07) is 6.88. The maximum atomic E-state index is 12.5. The van der Waals surface area contributed by atoms with Crippen LogP contribution < -0.4 is 10.1 Å². The normalized spacial score (nSPS) is 14.6. The Morgan fingerprint density at radius 2 is 1.88 bits per heavy atom. The van der Waals surface area contributed by atoms with E-state index in [1.54, 1.807) is 24.3 Å². The molecule has 1 saturated heterocycles. The third-order valence-electron chi connectivity index (χ3n) is 4.19. The number of carbonyl (C=O) groups is 2. The van der Waals surface area contributed by atoms with Crippen molar-refractivity contribution in [1.29, 1.82) is 0 Å². The highest BCUT2D eigenvalue weighted by Crippen LogP contribution is 2.21. The maximum Gasteiger partial charge on any atom is 0.261 e. The molecule has 0 aliphatic carbocycles. The molecule has 0 bridgehead atoms. The monoisotopic (exact) mass is 374 g/mol. The Balaban J connectivity index is 1.63. The van der Waals surface area contributed by atoms with Gasteiger partial charge in [0, 0.05) is 13.1 Å². The summed E-state index contributed by atoms with van der Waals surface area (Å²) in [6.45, 7) is 3.31. The summed E-state index contributed by atoms with van der Waals surface area (Å²) < 4.78 is 5.67. The standard InChI is InChI=1S/C18H22N4O3S/c1-13-20-21-18(26-13)19-17(24)14-8-4-5-9-15(14)25-12-16(23)22-10-6-2-3-7-11-22/h4-5,8-9H,2-3,6-7,10-12H2,1H3,(H,19,21,24). The molecule has 3 rings (SSSR count). The number of ether oxygens (including phenoxy) is 1. The predicted octanol–water partition coefficient (Wildman–Crippen LogP) is 2.88. The van der Waals surface area contributed by atoms with Gasteiger partial charge >= 0.3 is 0 Å². The van der Waals surface area contributed by atoms with Crippen LogP contribution in [0, 0.1) is 6.92 Å². The summed E-state index contributed by atoms with van der Waals surface area (Å²) in [5, 5.41) is 11.7. The summed E-state index contributed by atoms with van der Waals surface area (Å²) in [5.74, 6) is 0.00948. The van der Waals surface area contributed by atoms with Crippen LogP contribution in [-0.4, -0.2) is 46.6 Å². The quantitative estimate of drug-likeness (QED) is 0.870. The van der Waals surface area contributed by atoms with Crippen LogP contribution in [0.5, 0.6) is 5.75 Å². The summed E-state index contributed by atoms with van der Waals surface area (Å²) in [6.07, 6.45) is 4.40. The average Bonchev–Trinajstić information content (AvgIpc) is 2.88. The number of benzene rings is 1. The van der Waals surface area contributed by atoms with E-state index in [9.17, 15) is 9.59 Å². The van der Waals surface area contributed by atoms with Crippen LogP contribution >= 0.6 is 11.3 Å². The van der Waals surface area contributed by atoms with Crippen LogP contribution in [0.15, 0.2) is 24.3 Å². The Labute approximate surface area is 156 Å². The number of rotatable bonds is 5. The number of para-hydroxylation sites is 1. The van der Waals surface area contributed by atoms with Gasteiger partial charge < -0.3 is 9.64 Å². The number of likely N-dealkylation sites (tertiary alicyclic amines) is 1. The van der Waals surface area contributed by atoms with Gasteiger partial charge in [-0.3, -0.25) is 14.9 Å². The lowest BCUT2D eigenvalue weighted by Crippen LogP contribution is -2.35. The Morgan fingerprint density at radius 3 is 2.58 bits per heavy atom. The molecular weight excluding hydrogens is 352 g/mol. The topological polar surface area (TPSA) is 84.4 Å². The molecule has 1 aliphatic rings. The molecular formula is C18H22N4O3S. The predicted molar refractivity (Wildman–Crippen MR) is 99.6 cm³/mol. The number of amides is 2. The third kappa shape index (κ3) is 4.78. The van der Waals surface area contributed by atoms with Gasteiger partial charge in [0.05, 0.1) is 5.56 Å². The van der Waals surface area contributed by atoms with Gasteiger partial charge in [-0.15, -0.1) is 10.2 Å². The molecule has 2 amide bonds. The number of hydrogen-bond acceptors (Lipinski definition) is 6. The van der Waals surface area contributed by atoms with Gasteiger partial charge in [-0.25, -0.2) is 0 Å². The van der Waals surface area contributed by atoms with Crippen LogP contribution in [0.25, 0.3) is 0 Å². The summed E-state index contributed by atoms with van der Waals surface area (Å²) in [7, 11) is 0. The first kappa shape index (κ1) is 18.3. The first-order valence-corrected chi connectivity index (χ1v) is 9.56. The molecule has 0 saturated carbocycles. The van der Waals surface area contributed by atoms with Gasteiger partial charge in [-0.2, -0.15) is 0 Å². The Kier molecular flexibility index (Phi) is 6.17. The molecule has 2 aromatic rings. The fourth-order valence-electron chi connectivity index (χ4n) is 2.84. The van der Waals surface area contributed by atoms with Crippen molar-refractivity contribution in [1.82, 2.24) is 15.1 Å². The Hall–Kier alpha value is -2.48. The van der Waals surface area contributed by atoms with Crippen molar-refractivity contribution >= 4 is 28.3 Å². The van der Waals surface area contributed by atoms with Crippen LogP contribution in [0.2, 0.25) is 0 Å². The number of nitrogens with zero attached hydrogens (tertiary/aromatic N) is 3. The van der Waals surface area contributed by atoms with Crippen LogP contribution in [0.4, 0.5) is 5.13 Å². The lowest BCUT2D eigenvalue weighted by atomic mass is 10.2. The number of aromatic nitrogens is 2. The SMILES string of the molecule is Cc1nnc(NC(=O)c2ccccc2OCC(=O)N2CCCCCC2)s1. The molecule has 0 unspecified atom stereocenters. The van der Waals surface area contributed by atoms with Crippen molar-refractivity contribution in [3.8, 4) is 5.75 Å². The third-order valence-corrected chi connectivity index (χ3v) is 4.94. The van der Waals surface area contributed by atoms with E-state index in [0.29, 0.717) is 16.4 Å². The summed E-state index contributed by atoms with van der Waals surface area (Å²) in [5.41, 5.74) is 0.365. The molecule has 2 heterocycles. The molecule has 1 N–H and O–H groups in total. The van der Waals surface area contributed by atoms with Crippen LogP contribution in [0.1, 0.15) is 41.0 Å². The fourth-order valence-corrected chi connectivity index (χ4v) is 3.43. The average molecular weight is 374 g/mol. The molecule has 1 aromatic heterocycles. The number of nitrogens with one attached hydrogen (secondary N) is 1. The lowest BCUT2D eigenvalue weighted by molar-refractivity contribution is -0.133. The minimum Gasteiger partial charge on any atom is -0.483 e. The molecule has 0 atom stereocenters. The first-order chi connectivity index (χ1) is 12.6. The van der Waals surface area contributed by atoms with Gasteiger partial charge in [0.1, 0.15) is 10.8 Å². The Morgan fingerprint density at radius 1 is 1.15 bits per heavy atom. The van der Waals surface area contributed by atoms with Gasteiger partial charge in [-0.1, -0.05) is 36.3 Å². The highest BCUT2D eigenvalue weighted by atomic mass is 32.1. The number of anilines is 1. The zero-order valence-corrected chi connectivity index (χ0v) is 15.6. The largest absolute Gasteiger partial charge is 0.483 e. The molecule has 8 heteroatoms. The molecule has 7 nitrogen and oxygen atoms in total. The lowest BCUT2D eigenvalue weighted by Gasteiger charge is -2.20. The second kappa shape index (κ2) is 8.75. The summed E-state index contributed by atoms with van der Waals surface area (Å²) in [4.78, 5) is 26.7. The van der Waals surface area contributed by atoms with Crippen molar-refractivity contribution in [2.24, 2.45) is 0 Å². The van der Waals surface area contributed by atoms with Gasteiger partial charge in [0.25, 0.3) is 11.8 Å². The molecule has 1 aromatic carbocycles. The van der Waals surface area contributed by atoms with E-state index in [0.717, 1.165) is 30.9 Å². The number of carbonyl (C=O) groups excluding carboxylic acids is 2. The van der Waals surface area contributed by atoms with E-state index in [4.69, 9.17) is 4.74 Å². The van der Waals surface area contributed by atoms with Gasteiger partial charge in [0.15, 0.2) is 6.61 Å². The number of aryl methyl sites for hydroxylation is 1. The second-order valence-corrected chi connectivity index (χ2v) is 7.34. The van der Waals surface area contributed by atoms with E-state index in [1.165, 1.54) is 24.2 Å². The second-order valence-electron chi connectivity index (χ2n) is 6.16. The fraction of sp³-hybridized carbons (Fsp3) is 0.444. The molecule has 26 heavy (non-hydrogen) atoms. The Bertz CT molecular complexity index is 769. The van der Waals surface area contributed by atoms with Crippen molar-refractivity contribution < 1.29 is 14.3 Å². The van der Waals surface area contributed by atoms with Crippen LogP contribution in [-0.2, 0) is 4.79 Å². The smallest absolute Gasteiger partial charge is 0.261 e. The minimum atomic E-state index is -0.334. The van der Waals surface area contributed by atoms with E-state index in [-0.39, 0.29) is 18.4 Å². The molecule has 138 valence electrons. The summed E-state index contributed by atoms with van der Waals surface area (Å²) >= 11 is 1.30. The van der Waals surface area contributed by atoms with Crippen molar-refractivity contribution in [3.63, 3.8) is 0 Å². The van der Waals surface area contributed by atoms with Gasteiger partial charge in [0.2, 0.25) is 5.13 Å².